The van der Waals surface area contributed by atoms with Gasteiger partial charge in [-0.1, -0.05) is 27.5 Å². The van der Waals surface area contributed by atoms with Gasteiger partial charge in [-0.15, -0.1) is 0 Å². The lowest BCUT2D eigenvalue weighted by Crippen LogP contribution is -2.49. The minimum absolute atomic E-state index is 0.00634. The smallest absolute Gasteiger partial charge is 0.254 e. The van der Waals surface area contributed by atoms with Gasteiger partial charge in [0.05, 0.1) is 6.61 Å². The highest BCUT2D eigenvalue weighted by molar-refractivity contribution is 9.10. The van der Waals surface area contributed by atoms with Crippen LogP contribution in [-0.2, 0) is 0 Å². The molecule has 1 aliphatic rings. The predicted molar refractivity (Wildman–Crippen MR) is 78.6 cm³/mol. The molecule has 4 nitrogen and oxygen atoms in total. The van der Waals surface area contributed by atoms with Crippen LogP contribution in [0.25, 0.3) is 0 Å². The van der Waals surface area contributed by atoms with Gasteiger partial charge in [0.2, 0.25) is 0 Å². The first kappa shape index (κ1) is 14.8. The van der Waals surface area contributed by atoms with E-state index in [1.807, 2.05) is 4.90 Å². The molecule has 104 valence electrons. The number of hydrogen-bond donors (Lipinski definition) is 1. The third-order valence-electron chi connectivity index (χ3n) is 3.19. The number of aliphatic hydroxyl groups is 1. The number of amides is 1. The van der Waals surface area contributed by atoms with Gasteiger partial charge in [0, 0.05) is 47.8 Å². The van der Waals surface area contributed by atoms with Crippen molar-refractivity contribution in [3.8, 4) is 0 Å². The summed E-state index contributed by atoms with van der Waals surface area (Å²) in [6.45, 7) is 3.80. The Morgan fingerprint density at radius 1 is 1.26 bits per heavy atom. The number of hydrogen-bond acceptors (Lipinski definition) is 3. The lowest BCUT2D eigenvalue weighted by Gasteiger charge is -2.34. The summed E-state index contributed by atoms with van der Waals surface area (Å²) in [6.07, 6.45) is 0. The zero-order valence-electron chi connectivity index (χ0n) is 10.5. The SMILES string of the molecule is O=C(c1cc(Cl)cc(Br)c1)N1CCN(CCO)CC1. The molecule has 1 aromatic carbocycles. The van der Waals surface area contributed by atoms with Gasteiger partial charge < -0.3 is 10.0 Å². The van der Waals surface area contributed by atoms with E-state index in [-0.39, 0.29) is 12.5 Å². The molecule has 1 aromatic rings. The summed E-state index contributed by atoms with van der Waals surface area (Å²) in [5.74, 6) is 0.00634. The molecule has 1 aliphatic heterocycles. The number of β-amino-alcohol motifs (C(OH)–C–C–N with tert-alkyl or cyclic N) is 1. The summed E-state index contributed by atoms with van der Waals surface area (Å²) in [4.78, 5) is 16.3. The molecule has 0 aromatic heterocycles. The van der Waals surface area contributed by atoms with E-state index in [9.17, 15) is 4.79 Å². The summed E-state index contributed by atoms with van der Waals surface area (Å²) < 4.78 is 0.808. The van der Waals surface area contributed by atoms with Crippen molar-refractivity contribution in [1.29, 1.82) is 0 Å². The Balaban J connectivity index is 2.01. The zero-order valence-corrected chi connectivity index (χ0v) is 12.8. The maximum Gasteiger partial charge on any atom is 0.254 e. The lowest BCUT2D eigenvalue weighted by atomic mass is 10.2. The Hall–Kier alpha value is -0.620. The molecule has 0 radical (unpaired) electrons. The van der Waals surface area contributed by atoms with Crippen molar-refractivity contribution >= 4 is 33.4 Å². The van der Waals surface area contributed by atoms with Gasteiger partial charge >= 0.3 is 0 Å². The Morgan fingerprint density at radius 3 is 2.53 bits per heavy atom. The molecule has 2 rings (SSSR count). The summed E-state index contributed by atoms with van der Waals surface area (Å²) >= 11 is 9.30. The highest BCUT2D eigenvalue weighted by Gasteiger charge is 2.22. The second-order valence-corrected chi connectivity index (χ2v) is 5.87. The summed E-state index contributed by atoms with van der Waals surface area (Å²) in [5, 5.41) is 9.44. The number of benzene rings is 1. The van der Waals surface area contributed by atoms with Crippen molar-refractivity contribution in [2.24, 2.45) is 0 Å². The molecule has 0 saturated carbocycles. The van der Waals surface area contributed by atoms with Crippen molar-refractivity contribution in [1.82, 2.24) is 9.80 Å². The minimum atomic E-state index is 0.00634. The van der Waals surface area contributed by atoms with E-state index in [2.05, 4.69) is 20.8 Å². The summed E-state index contributed by atoms with van der Waals surface area (Å²) in [5.41, 5.74) is 0.606. The van der Waals surface area contributed by atoms with E-state index in [1.165, 1.54) is 0 Å². The van der Waals surface area contributed by atoms with Crippen LogP contribution in [0, 0.1) is 0 Å². The van der Waals surface area contributed by atoms with Gasteiger partial charge in [0.25, 0.3) is 5.91 Å². The molecule has 0 unspecified atom stereocenters. The maximum absolute atomic E-state index is 12.3. The van der Waals surface area contributed by atoms with Crippen LogP contribution >= 0.6 is 27.5 Å². The quantitative estimate of drug-likeness (QED) is 0.907. The van der Waals surface area contributed by atoms with Gasteiger partial charge in [-0.05, 0) is 18.2 Å². The molecule has 0 atom stereocenters. The summed E-state index contributed by atoms with van der Waals surface area (Å²) in [7, 11) is 0. The first-order chi connectivity index (χ1) is 9.10. The monoisotopic (exact) mass is 346 g/mol. The number of piperazine rings is 1. The van der Waals surface area contributed by atoms with Gasteiger partial charge in [-0.2, -0.15) is 0 Å². The Bertz CT molecular complexity index is 442. The van der Waals surface area contributed by atoms with Crippen LogP contribution in [0.1, 0.15) is 10.4 Å². The number of carbonyl (C=O) groups excluding carboxylic acids is 1. The number of nitrogens with zero attached hydrogens (tertiary/aromatic N) is 2. The number of rotatable bonds is 3. The van der Waals surface area contributed by atoms with Crippen LogP contribution in [0.2, 0.25) is 5.02 Å². The molecule has 6 heteroatoms. The molecular formula is C13H16BrClN2O2. The standard InChI is InChI=1S/C13H16BrClN2O2/c14-11-7-10(8-12(15)9-11)13(19)17-3-1-16(2-4-17)5-6-18/h7-9,18H,1-6H2. The Morgan fingerprint density at radius 2 is 1.95 bits per heavy atom. The van der Waals surface area contributed by atoms with Crippen molar-refractivity contribution in [3.63, 3.8) is 0 Å². The summed E-state index contributed by atoms with van der Waals surface area (Å²) in [6, 6.07) is 5.24. The van der Waals surface area contributed by atoms with E-state index in [0.29, 0.717) is 30.2 Å². The molecule has 1 fully saturated rings. The largest absolute Gasteiger partial charge is 0.395 e. The van der Waals surface area contributed by atoms with E-state index in [1.54, 1.807) is 18.2 Å². The second-order valence-electron chi connectivity index (χ2n) is 4.52. The fourth-order valence-corrected chi connectivity index (χ4v) is 3.04. The van der Waals surface area contributed by atoms with Crippen LogP contribution in [0.3, 0.4) is 0 Å². The van der Waals surface area contributed by atoms with Crippen LogP contribution in [0.4, 0.5) is 0 Å². The average Bonchev–Trinajstić information content (AvgIpc) is 2.38. The molecule has 19 heavy (non-hydrogen) atoms. The highest BCUT2D eigenvalue weighted by Crippen LogP contribution is 2.21. The van der Waals surface area contributed by atoms with Gasteiger partial charge in [-0.25, -0.2) is 0 Å². The van der Waals surface area contributed by atoms with Gasteiger partial charge in [0.15, 0.2) is 0 Å². The first-order valence-corrected chi connectivity index (χ1v) is 7.36. The van der Waals surface area contributed by atoms with Gasteiger partial charge in [0.1, 0.15) is 0 Å². The van der Waals surface area contributed by atoms with E-state index in [4.69, 9.17) is 16.7 Å². The van der Waals surface area contributed by atoms with Crippen molar-refractivity contribution in [2.75, 3.05) is 39.3 Å². The zero-order chi connectivity index (χ0) is 13.8. The van der Waals surface area contributed by atoms with Crippen LogP contribution in [-0.4, -0.2) is 60.1 Å². The fraction of sp³-hybridized carbons (Fsp3) is 0.462. The third-order valence-corrected chi connectivity index (χ3v) is 3.86. The molecule has 1 amide bonds. The van der Waals surface area contributed by atoms with Gasteiger partial charge in [-0.3, -0.25) is 9.69 Å². The molecule has 1 saturated heterocycles. The lowest BCUT2D eigenvalue weighted by molar-refractivity contribution is 0.0615. The number of carbonyl (C=O) groups is 1. The number of halogens is 2. The topological polar surface area (TPSA) is 43.8 Å². The van der Waals surface area contributed by atoms with Crippen LogP contribution in [0.15, 0.2) is 22.7 Å². The van der Waals surface area contributed by atoms with Crippen LogP contribution < -0.4 is 0 Å². The highest BCUT2D eigenvalue weighted by atomic mass is 79.9. The predicted octanol–water partition coefficient (Wildman–Crippen LogP) is 1.85. The minimum Gasteiger partial charge on any atom is -0.395 e. The number of aliphatic hydroxyl groups excluding tert-OH is 1. The van der Waals surface area contributed by atoms with Crippen molar-refractivity contribution in [2.45, 2.75) is 0 Å². The molecule has 1 N–H and O–H groups in total. The Labute approximate surface area is 126 Å². The van der Waals surface area contributed by atoms with E-state index < -0.39 is 0 Å². The van der Waals surface area contributed by atoms with E-state index in [0.717, 1.165) is 17.6 Å². The first-order valence-electron chi connectivity index (χ1n) is 6.19. The molecule has 1 heterocycles. The normalized spacial score (nSPS) is 16.7. The second kappa shape index (κ2) is 6.70. The molecule has 0 spiro atoms. The average molecular weight is 348 g/mol. The van der Waals surface area contributed by atoms with Crippen molar-refractivity contribution < 1.29 is 9.90 Å². The Kier molecular flexibility index (Phi) is 5.21. The molecule has 0 aliphatic carbocycles. The maximum atomic E-state index is 12.3. The fourth-order valence-electron chi connectivity index (χ4n) is 2.18. The van der Waals surface area contributed by atoms with Crippen LogP contribution in [0.5, 0.6) is 0 Å². The van der Waals surface area contributed by atoms with E-state index >= 15 is 0 Å². The molecule has 0 bridgehead atoms. The third kappa shape index (κ3) is 3.92. The molecular weight excluding hydrogens is 332 g/mol. The van der Waals surface area contributed by atoms with Crippen molar-refractivity contribution in [3.05, 3.63) is 33.3 Å².